The van der Waals surface area contributed by atoms with E-state index < -0.39 is 0 Å². The van der Waals surface area contributed by atoms with Crippen molar-refractivity contribution >= 4 is 0 Å². The molecule has 0 saturated carbocycles. The van der Waals surface area contributed by atoms with Crippen molar-refractivity contribution in [3.8, 4) is 17.2 Å². The number of hydrogen-bond donors (Lipinski definition) is 4. The molecule has 2 atom stereocenters. The van der Waals surface area contributed by atoms with Crippen LogP contribution in [0.1, 0.15) is 11.1 Å². The molecule has 0 spiro atoms. The average molecular weight is 332 g/mol. The number of phenols is 2. The van der Waals surface area contributed by atoms with Gasteiger partial charge < -0.3 is 25.2 Å². The first-order chi connectivity index (χ1) is 11.6. The Morgan fingerprint density at radius 3 is 2.04 bits per heavy atom. The minimum absolute atomic E-state index is 0.0594. The Balaban J connectivity index is 2.12. The van der Waals surface area contributed by atoms with Crippen LogP contribution in [0.5, 0.6) is 17.2 Å². The standard InChI is InChI=1S/C19H24O5/c1-24-19-10-14(5-6-18(19)23)8-16(12-21)15(11-20)7-13-3-2-4-17(22)9-13/h2-6,9-10,15-16,20-23H,7-8,11-12H2,1H3. The van der Waals surface area contributed by atoms with Crippen LogP contribution in [-0.2, 0) is 12.8 Å². The molecule has 2 aromatic rings. The molecule has 5 heteroatoms. The minimum Gasteiger partial charge on any atom is -0.508 e. The second-order valence-corrected chi connectivity index (χ2v) is 5.97. The van der Waals surface area contributed by atoms with E-state index in [1.54, 1.807) is 36.4 Å². The average Bonchev–Trinajstić information content (AvgIpc) is 2.59. The Kier molecular flexibility index (Phi) is 6.46. The summed E-state index contributed by atoms with van der Waals surface area (Å²) in [7, 11) is 1.49. The number of aliphatic hydroxyl groups excluding tert-OH is 2. The van der Waals surface area contributed by atoms with Gasteiger partial charge in [0.15, 0.2) is 11.5 Å². The molecule has 5 nitrogen and oxygen atoms in total. The quantitative estimate of drug-likeness (QED) is 0.594. The van der Waals surface area contributed by atoms with Gasteiger partial charge >= 0.3 is 0 Å². The summed E-state index contributed by atoms with van der Waals surface area (Å²) >= 11 is 0. The highest BCUT2D eigenvalue weighted by Crippen LogP contribution is 2.29. The number of benzene rings is 2. The van der Waals surface area contributed by atoms with Crippen LogP contribution in [0.4, 0.5) is 0 Å². The molecule has 4 N–H and O–H groups in total. The van der Waals surface area contributed by atoms with E-state index >= 15 is 0 Å². The maximum Gasteiger partial charge on any atom is 0.160 e. The van der Waals surface area contributed by atoms with Gasteiger partial charge in [-0.3, -0.25) is 0 Å². The maximum atomic E-state index is 9.76. The van der Waals surface area contributed by atoms with Gasteiger partial charge in [0.05, 0.1) is 7.11 Å². The van der Waals surface area contributed by atoms with E-state index in [-0.39, 0.29) is 36.5 Å². The van der Waals surface area contributed by atoms with Crippen molar-refractivity contribution in [2.45, 2.75) is 12.8 Å². The summed E-state index contributed by atoms with van der Waals surface area (Å²) in [5.41, 5.74) is 1.83. The molecule has 0 aliphatic heterocycles. The number of aliphatic hydroxyl groups is 2. The molecule has 130 valence electrons. The molecule has 0 fully saturated rings. The molecule has 2 rings (SSSR count). The van der Waals surface area contributed by atoms with Crippen LogP contribution in [0, 0.1) is 11.8 Å². The van der Waals surface area contributed by atoms with Crippen LogP contribution in [0.15, 0.2) is 42.5 Å². The van der Waals surface area contributed by atoms with E-state index in [4.69, 9.17) is 4.74 Å². The van der Waals surface area contributed by atoms with E-state index in [0.717, 1.165) is 11.1 Å². The summed E-state index contributed by atoms with van der Waals surface area (Å²) in [5, 5.41) is 38.7. The lowest BCUT2D eigenvalue weighted by Gasteiger charge is -2.24. The monoisotopic (exact) mass is 332 g/mol. The molecule has 2 unspecified atom stereocenters. The Morgan fingerprint density at radius 2 is 1.50 bits per heavy atom. The number of aromatic hydroxyl groups is 2. The third-order valence-corrected chi connectivity index (χ3v) is 4.29. The van der Waals surface area contributed by atoms with Crippen molar-refractivity contribution in [3.05, 3.63) is 53.6 Å². The summed E-state index contributed by atoms with van der Waals surface area (Å²) in [5.74, 6) is 0.356. The highest BCUT2D eigenvalue weighted by Gasteiger charge is 2.22. The van der Waals surface area contributed by atoms with Crippen molar-refractivity contribution in [2.24, 2.45) is 11.8 Å². The second-order valence-electron chi connectivity index (χ2n) is 5.97. The van der Waals surface area contributed by atoms with Crippen molar-refractivity contribution in [2.75, 3.05) is 20.3 Å². The molecule has 0 heterocycles. The van der Waals surface area contributed by atoms with Gasteiger partial charge in [-0.05, 0) is 60.1 Å². The van der Waals surface area contributed by atoms with E-state index in [1.807, 2.05) is 6.07 Å². The fourth-order valence-corrected chi connectivity index (χ4v) is 2.90. The zero-order valence-electron chi connectivity index (χ0n) is 13.7. The molecule has 0 aliphatic rings. The summed E-state index contributed by atoms with van der Waals surface area (Å²) in [4.78, 5) is 0. The topological polar surface area (TPSA) is 90.2 Å². The molecule has 0 amide bonds. The zero-order chi connectivity index (χ0) is 17.5. The number of ether oxygens (including phenoxy) is 1. The highest BCUT2D eigenvalue weighted by molar-refractivity contribution is 5.41. The van der Waals surface area contributed by atoms with Gasteiger partial charge in [0.25, 0.3) is 0 Å². The molecule has 0 saturated heterocycles. The molecule has 0 radical (unpaired) electrons. The number of phenolic OH excluding ortho intramolecular Hbond substituents is 2. The third kappa shape index (κ3) is 4.63. The predicted octanol–water partition coefficient (Wildman–Crippen LogP) is 2.11. The summed E-state index contributed by atoms with van der Waals surface area (Å²) in [6.07, 6.45) is 1.11. The minimum atomic E-state index is -0.147. The second kappa shape index (κ2) is 8.57. The summed E-state index contributed by atoms with van der Waals surface area (Å²) < 4.78 is 5.11. The van der Waals surface area contributed by atoms with Gasteiger partial charge in [-0.2, -0.15) is 0 Å². The summed E-state index contributed by atoms with van der Waals surface area (Å²) in [6, 6.07) is 12.0. The van der Waals surface area contributed by atoms with Gasteiger partial charge in [0, 0.05) is 13.2 Å². The van der Waals surface area contributed by atoms with Gasteiger partial charge in [-0.25, -0.2) is 0 Å². The Morgan fingerprint density at radius 1 is 0.875 bits per heavy atom. The third-order valence-electron chi connectivity index (χ3n) is 4.29. The number of hydrogen-bond acceptors (Lipinski definition) is 5. The molecule has 0 bridgehead atoms. The van der Waals surface area contributed by atoms with E-state index in [1.165, 1.54) is 7.11 Å². The van der Waals surface area contributed by atoms with Crippen molar-refractivity contribution in [3.63, 3.8) is 0 Å². The first-order valence-electron chi connectivity index (χ1n) is 7.92. The molecule has 0 aromatic heterocycles. The lowest BCUT2D eigenvalue weighted by Crippen LogP contribution is -2.26. The Bertz CT molecular complexity index is 656. The van der Waals surface area contributed by atoms with Crippen molar-refractivity contribution < 1.29 is 25.2 Å². The van der Waals surface area contributed by atoms with Crippen LogP contribution in [0.25, 0.3) is 0 Å². The maximum absolute atomic E-state index is 9.76. The lowest BCUT2D eigenvalue weighted by molar-refractivity contribution is 0.119. The van der Waals surface area contributed by atoms with Gasteiger partial charge in [-0.15, -0.1) is 0 Å². The fraction of sp³-hybridized carbons (Fsp3) is 0.368. The summed E-state index contributed by atoms with van der Waals surface area (Å²) in [6.45, 7) is -0.122. The fourth-order valence-electron chi connectivity index (χ4n) is 2.90. The van der Waals surface area contributed by atoms with Gasteiger partial charge in [0.1, 0.15) is 5.75 Å². The normalized spacial score (nSPS) is 13.5. The van der Waals surface area contributed by atoms with Gasteiger partial charge in [-0.1, -0.05) is 18.2 Å². The van der Waals surface area contributed by atoms with Crippen LogP contribution in [0.2, 0.25) is 0 Å². The van der Waals surface area contributed by atoms with Crippen LogP contribution in [-0.4, -0.2) is 40.7 Å². The van der Waals surface area contributed by atoms with E-state index in [0.29, 0.717) is 18.6 Å². The Labute approximate surface area is 141 Å². The first-order valence-corrected chi connectivity index (χ1v) is 7.92. The molecule has 2 aromatic carbocycles. The first kappa shape index (κ1) is 18.1. The van der Waals surface area contributed by atoms with E-state index in [9.17, 15) is 20.4 Å². The smallest absolute Gasteiger partial charge is 0.160 e. The SMILES string of the molecule is COc1cc(CC(CO)C(CO)Cc2cccc(O)c2)ccc1O. The van der Waals surface area contributed by atoms with Crippen LogP contribution < -0.4 is 4.74 Å². The van der Waals surface area contributed by atoms with E-state index in [2.05, 4.69) is 0 Å². The van der Waals surface area contributed by atoms with Crippen molar-refractivity contribution in [1.82, 2.24) is 0 Å². The molecule has 0 aliphatic carbocycles. The molecular formula is C19H24O5. The predicted molar refractivity (Wildman–Crippen MR) is 91.3 cm³/mol. The highest BCUT2D eigenvalue weighted by atomic mass is 16.5. The molecule has 24 heavy (non-hydrogen) atoms. The van der Waals surface area contributed by atoms with Gasteiger partial charge in [0.2, 0.25) is 0 Å². The lowest BCUT2D eigenvalue weighted by atomic mass is 9.83. The largest absolute Gasteiger partial charge is 0.508 e. The molecular weight excluding hydrogens is 308 g/mol. The van der Waals surface area contributed by atoms with Crippen LogP contribution >= 0.6 is 0 Å². The van der Waals surface area contributed by atoms with Crippen LogP contribution in [0.3, 0.4) is 0 Å². The number of methoxy groups -OCH3 is 1. The zero-order valence-corrected chi connectivity index (χ0v) is 13.7. The number of rotatable bonds is 8. The van der Waals surface area contributed by atoms with Crippen molar-refractivity contribution in [1.29, 1.82) is 0 Å². The Hall–Kier alpha value is -2.24.